The van der Waals surface area contributed by atoms with Gasteiger partial charge in [-0.05, 0) is 110 Å². The van der Waals surface area contributed by atoms with Gasteiger partial charge in [0, 0.05) is 39.1 Å². The van der Waals surface area contributed by atoms with Gasteiger partial charge < -0.3 is 35.8 Å². The van der Waals surface area contributed by atoms with Crippen molar-refractivity contribution < 1.29 is 29.4 Å². The first kappa shape index (κ1) is 39.8. The highest BCUT2D eigenvalue weighted by Gasteiger charge is 2.28. The molecule has 0 saturated heterocycles. The van der Waals surface area contributed by atoms with E-state index in [1.54, 1.807) is 54.6 Å². The van der Waals surface area contributed by atoms with Crippen molar-refractivity contribution in [3.63, 3.8) is 0 Å². The third kappa shape index (κ3) is 10.1. The normalized spacial score (nSPS) is 15.8. The van der Waals surface area contributed by atoms with Crippen LogP contribution in [-0.2, 0) is 5.41 Å². The van der Waals surface area contributed by atoms with E-state index in [9.17, 15) is 29.4 Å². The highest BCUT2D eigenvalue weighted by atomic mass is 19.1. The molecule has 3 aromatic rings. The summed E-state index contributed by atoms with van der Waals surface area (Å²) in [7, 11) is -5.69. The van der Waals surface area contributed by atoms with Crippen molar-refractivity contribution in [3.05, 3.63) is 89.4 Å². The van der Waals surface area contributed by atoms with E-state index < -0.39 is 21.4 Å². The fourth-order valence-electron chi connectivity index (χ4n) is 6.40. The molecule has 0 fully saturated rings. The summed E-state index contributed by atoms with van der Waals surface area (Å²) in [5.74, 6) is 0. The van der Waals surface area contributed by atoms with Gasteiger partial charge in [0.1, 0.15) is 0 Å². The number of hydrogen-bond donors (Lipinski definition) is 7. The minimum Gasteiger partial charge on any atom is -0.423 e. The maximum Gasteiger partial charge on any atom is 0.534 e. The molecule has 3 aromatic carbocycles. The zero-order valence-corrected chi connectivity index (χ0v) is 30.7. The molecule has 268 valence electrons. The van der Waals surface area contributed by atoms with Crippen molar-refractivity contribution in [1.82, 2.24) is 0 Å². The predicted molar refractivity (Wildman–Crippen MR) is 213 cm³/mol. The van der Waals surface area contributed by atoms with E-state index in [4.69, 9.17) is 9.98 Å². The molecular formula is C38H50B3FN4O5. The average Bonchev–Trinajstić information content (AvgIpc) is 3.07. The minimum atomic E-state index is -2.20. The first-order valence-corrected chi connectivity index (χ1v) is 17.7. The van der Waals surface area contributed by atoms with Gasteiger partial charge in [0.25, 0.3) is 0 Å². The Morgan fingerprint density at radius 2 is 1.33 bits per heavy atom. The summed E-state index contributed by atoms with van der Waals surface area (Å²) in [5, 5.41) is 57.3. The SMILES string of the molecule is CCCC(C)(CC)/N=C1C=C/C(=N/c2ccc(Nc3ccc(Nc4ccc(C(C)(C)CCC)cc4B(O)O)cc3B(O)O)cc2C)C=C\1B(O)F. The maximum atomic E-state index is 14.4. The van der Waals surface area contributed by atoms with Crippen molar-refractivity contribution in [3.8, 4) is 0 Å². The van der Waals surface area contributed by atoms with Gasteiger partial charge in [-0.2, -0.15) is 0 Å². The minimum absolute atomic E-state index is 0.0766. The molecular weight excluding hydrogens is 644 g/mol. The number of aliphatic imine (C=N–C) groups is 2. The van der Waals surface area contributed by atoms with Gasteiger partial charge in [0.05, 0.1) is 22.6 Å². The van der Waals surface area contributed by atoms with Crippen LogP contribution < -0.4 is 21.6 Å². The van der Waals surface area contributed by atoms with E-state index in [1.807, 2.05) is 32.9 Å². The Labute approximate surface area is 302 Å². The fraction of sp³-hybridized carbons (Fsp3) is 0.368. The van der Waals surface area contributed by atoms with E-state index in [1.165, 1.54) is 6.08 Å². The molecule has 9 nitrogen and oxygen atoms in total. The van der Waals surface area contributed by atoms with Crippen LogP contribution in [-0.4, -0.2) is 63.5 Å². The lowest BCUT2D eigenvalue weighted by Gasteiger charge is -2.26. The Kier molecular flexibility index (Phi) is 13.3. The maximum absolute atomic E-state index is 14.4. The molecule has 1 aliphatic carbocycles. The van der Waals surface area contributed by atoms with Gasteiger partial charge in [-0.1, -0.05) is 59.6 Å². The van der Waals surface area contributed by atoms with Gasteiger partial charge in [0.15, 0.2) is 0 Å². The Morgan fingerprint density at radius 3 is 1.90 bits per heavy atom. The molecule has 0 amide bonds. The van der Waals surface area contributed by atoms with Crippen molar-refractivity contribution in [1.29, 1.82) is 0 Å². The van der Waals surface area contributed by atoms with Crippen molar-refractivity contribution in [2.24, 2.45) is 9.98 Å². The van der Waals surface area contributed by atoms with E-state index in [0.717, 1.165) is 43.2 Å². The third-order valence-electron chi connectivity index (χ3n) is 9.53. The quantitative estimate of drug-likeness (QED) is 0.0776. The molecule has 0 aliphatic heterocycles. The largest absolute Gasteiger partial charge is 0.534 e. The molecule has 51 heavy (non-hydrogen) atoms. The van der Waals surface area contributed by atoms with Crippen LogP contribution in [0.1, 0.15) is 84.8 Å². The number of rotatable bonds is 15. The van der Waals surface area contributed by atoms with Crippen LogP contribution in [0.25, 0.3) is 0 Å². The van der Waals surface area contributed by atoms with Gasteiger partial charge in [-0.15, -0.1) is 0 Å². The van der Waals surface area contributed by atoms with E-state index in [0.29, 0.717) is 45.3 Å². The van der Waals surface area contributed by atoms with E-state index in [-0.39, 0.29) is 21.9 Å². The molecule has 0 radical (unpaired) electrons. The first-order chi connectivity index (χ1) is 24.1. The number of anilines is 4. The van der Waals surface area contributed by atoms with Crippen LogP contribution in [0.5, 0.6) is 0 Å². The lowest BCUT2D eigenvalue weighted by molar-refractivity contribution is 0.417. The Morgan fingerprint density at radius 1 is 0.745 bits per heavy atom. The van der Waals surface area contributed by atoms with Crippen LogP contribution in [0.3, 0.4) is 0 Å². The summed E-state index contributed by atoms with van der Waals surface area (Å²) >= 11 is 0. The molecule has 0 saturated carbocycles. The average molecular weight is 694 g/mol. The Hall–Kier alpha value is -4.00. The van der Waals surface area contributed by atoms with Gasteiger partial charge in [-0.25, -0.2) is 4.99 Å². The zero-order valence-electron chi connectivity index (χ0n) is 30.7. The summed E-state index contributed by atoms with van der Waals surface area (Å²) in [5.41, 5.74) is 5.59. The number of halogens is 1. The van der Waals surface area contributed by atoms with Gasteiger partial charge in [0.2, 0.25) is 0 Å². The number of aryl methyl sites for hydroxylation is 1. The monoisotopic (exact) mass is 694 g/mol. The number of benzene rings is 3. The first-order valence-electron chi connectivity index (χ1n) is 17.7. The number of hydrogen-bond acceptors (Lipinski definition) is 9. The zero-order chi connectivity index (χ0) is 37.5. The number of allylic oxidation sites excluding steroid dienone is 4. The standard InChI is InChI=1S/C38H50B3FN4O5/c1-8-19-37(5,6)26-11-15-34(31(22-26)40(48)49)45-29-13-17-35(32(24-29)41(50)51)44-27-12-16-33(25(4)21-27)43-28-14-18-36(30(23-28)39(42)47)46-38(7,10-3)20-9-2/h11-18,21-24,44-45,47-51H,8-10,19-20H2,1-7H3/b43-28-,46-36+. The summed E-state index contributed by atoms with van der Waals surface area (Å²) in [6, 6.07) is 16.1. The molecule has 13 heteroatoms. The van der Waals surface area contributed by atoms with Crippen molar-refractivity contribution >= 4 is 72.2 Å². The second-order valence-corrected chi connectivity index (χ2v) is 14.1. The summed E-state index contributed by atoms with van der Waals surface area (Å²) in [6.07, 6.45) is 9.49. The second kappa shape index (κ2) is 17.0. The lowest BCUT2D eigenvalue weighted by atomic mass is 9.73. The molecule has 4 rings (SSSR count). The molecule has 0 heterocycles. The van der Waals surface area contributed by atoms with Gasteiger partial charge in [-0.3, -0.25) is 9.31 Å². The molecule has 0 bridgehead atoms. The highest BCUT2D eigenvalue weighted by Crippen LogP contribution is 2.31. The molecule has 1 aliphatic rings. The topological polar surface area (TPSA) is 150 Å². The Balaban J connectivity index is 1.57. The number of nitrogens with one attached hydrogen (secondary N) is 2. The van der Waals surface area contributed by atoms with E-state index >= 15 is 0 Å². The summed E-state index contributed by atoms with van der Waals surface area (Å²) < 4.78 is 14.4. The summed E-state index contributed by atoms with van der Waals surface area (Å²) in [6.45, 7) is 14.4. The third-order valence-corrected chi connectivity index (χ3v) is 9.53. The van der Waals surface area contributed by atoms with Crippen LogP contribution in [0, 0.1) is 6.92 Å². The molecule has 1 unspecified atom stereocenters. The number of nitrogens with zero attached hydrogens (tertiary/aromatic N) is 2. The highest BCUT2D eigenvalue weighted by molar-refractivity contribution is 6.63. The van der Waals surface area contributed by atoms with Crippen LogP contribution >= 0.6 is 0 Å². The smallest absolute Gasteiger partial charge is 0.423 e. The molecule has 1 atom stereocenters. The lowest BCUT2D eigenvalue weighted by Crippen LogP contribution is -2.34. The second-order valence-electron chi connectivity index (χ2n) is 14.1. The van der Waals surface area contributed by atoms with Gasteiger partial charge >= 0.3 is 21.4 Å². The molecule has 7 N–H and O–H groups in total. The summed E-state index contributed by atoms with van der Waals surface area (Å²) in [4.78, 5) is 9.50. The Bertz CT molecular complexity index is 1830. The van der Waals surface area contributed by atoms with Crippen LogP contribution in [0.4, 0.5) is 32.8 Å². The van der Waals surface area contributed by atoms with Crippen molar-refractivity contribution in [2.45, 2.75) is 91.5 Å². The predicted octanol–water partition coefficient (Wildman–Crippen LogP) is 5.89. The molecule has 0 aromatic heterocycles. The van der Waals surface area contributed by atoms with E-state index in [2.05, 4.69) is 38.3 Å². The van der Waals surface area contributed by atoms with Crippen molar-refractivity contribution in [2.75, 3.05) is 10.6 Å². The fourth-order valence-corrected chi connectivity index (χ4v) is 6.40. The van der Waals surface area contributed by atoms with Crippen LogP contribution in [0.2, 0.25) is 0 Å². The molecule has 0 spiro atoms. The van der Waals surface area contributed by atoms with Crippen LogP contribution in [0.15, 0.2) is 88.3 Å².